The molecule has 0 N–H and O–H groups in total. The van der Waals surface area contributed by atoms with Gasteiger partial charge in [0.1, 0.15) is 5.82 Å². The van der Waals surface area contributed by atoms with Gasteiger partial charge in [-0.3, -0.25) is 0 Å². The maximum absolute atomic E-state index is 5.06. The van der Waals surface area contributed by atoms with Crippen LogP contribution in [0.25, 0.3) is 0 Å². The number of hydrogen-bond acceptors (Lipinski definition) is 3. The van der Waals surface area contributed by atoms with Crippen molar-refractivity contribution < 1.29 is 4.74 Å². The molecule has 0 saturated heterocycles. The molecule has 1 aliphatic rings. The molecule has 3 heteroatoms. The number of rotatable bonds is 2. The minimum Gasteiger partial charge on any atom is -0.481 e. The molecule has 0 radical (unpaired) electrons. The summed E-state index contributed by atoms with van der Waals surface area (Å²) in [7, 11) is 1.64. The van der Waals surface area contributed by atoms with Gasteiger partial charge in [0, 0.05) is 12.0 Å². The molecule has 0 aliphatic heterocycles. The summed E-state index contributed by atoms with van der Waals surface area (Å²) in [6, 6.07) is 1.94. The maximum atomic E-state index is 5.06. The molecule has 0 unspecified atom stereocenters. The van der Waals surface area contributed by atoms with Crippen molar-refractivity contribution >= 4 is 0 Å². The van der Waals surface area contributed by atoms with E-state index in [1.165, 1.54) is 12.8 Å². The second-order valence-corrected chi connectivity index (χ2v) is 3.16. The van der Waals surface area contributed by atoms with E-state index >= 15 is 0 Å². The highest BCUT2D eigenvalue weighted by molar-refractivity contribution is 5.22. The summed E-state index contributed by atoms with van der Waals surface area (Å²) in [6.45, 7) is 1.90. The SMILES string of the molecule is COc1cc(C2CC2)nc(C)n1. The van der Waals surface area contributed by atoms with Gasteiger partial charge in [-0.25, -0.2) is 4.98 Å². The van der Waals surface area contributed by atoms with Crippen LogP contribution in [0, 0.1) is 6.92 Å². The van der Waals surface area contributed by atoms with Crippen molar-refractivity contribution in [3.63, 3.8) is 0 Å². The quantitative estimate of drug-likeness (QED) is 0.667. The number of ether oxygens (including phenoxy) is 1. The summed E-state index contributed by atoms with van der Waals surface area (Å²) in [5, 5.41) is 0. The first-order chi connectivity index (χ1) is 5.79. The zero-order valence-corrected chi connectivity index (χ0v) is 7.37. The predicted octanol–water partition coefficient (Wildman–Crippen LogP) is 1.67. The molecule has 0 aromatic carbocycles. The van der Waals surface area contributed by atoms with Crippen molar-refractivity contribution in [2.45, 2.75) is 25.7 Å². The summed E-state index contributed by atoms with van der Waals surface area (Å²) in [6.07, 6.45) is 2.53. The van der Waals surface area contributed by atoms with Crippen molar-refractivity contribution in [2.75, 3.05) is 7.11 Å². The van der Waals surface area contributed by atoms with Crippen LogP contribution >= 0.6 is 0 Å². The third kappa shape index (κ3) is 1.40. The fourth-order valence-electron chi connectivity index (χ4n) is 1.26. The van der Waals surface area contributed by atoms with Crippen molar-refractivity contribution in [3.05, 3.63) is 17.6 Å². The Morgan fingerprint density at radius 3 is 2.75 bits per heavy atom. The lowest BCUT2D eigenvalue weighted by atomic mass is 10.3. The third-order valence-corrected chi connectivity index (χ3v) is 2.04. The largest absolute Gasteiger partial charge is 0.481 e. The number of nitrogens with zero attached hydrogens (tertiary/aromatic N) is 2. The zero-order valence-electron chi connectivity index (χ0n) is 7.37. The third-order valence-electron chi connectivity index (χ3n) is 2.04. The van der Waals surface area contributed by atoms with Crippen molar-refractivity contribution in [1.82, 2.24) is 9.97 Å². The van der Waals surface area contributed by atoms with E-state index in [1.807, 2.05) is 13.0 Å². The topological polar surface area (TPSA) is 35.0 Å². The molecule has 1 fully saturated rings. The van der Waals surface area contributed by atoms with Crippen LogP contribution in [0.2, 0.25) is 0 Å². The summed E-state index contributed by atoms with van der Waals surface area (Å²) in [5.74, 6) is 2.15. The minimum atomic E-state index is 0.667. The molecule has 0 atom stereocenters. The van der Waals surface area contributed by atoms with Gasteiger partial charge in [-0.05, 0) is 19.8 Å². The standard InChI is InChI=1S/C9H12N2O/c1-6-10-8(7-3-4-7)5-9(11-6)12-2/h5,7H,3-4H2,1-2H3. The Bertz CT molecular complexity index is 295. The monoisotopic (exact) mass is 164 g/mol. The van der Waals surface area contributed by atoms with Crippen molar-refractivity contribution in [1.29, 1.82) is 0 Å². The fourth-order valence-corrected chi connectivity index (χ4v) is 1.26. The van der Waals surface area contributed by atoms with Crippen LogP contribution in [-0.4, -0.2) is 17.1 Å². The number of hydrogen-bond donors (Lipinski definition) is 0. The Labute approximate surface area is 71.8 Å². The molecule has 1 aromatic rings. The summed E-state index contributed by atoms with van der Waals surface area (Å²) >= 11 is 0. The first-order valence-corrected chi connectivity index (χ1v) is 4.19. The summed E-state index contributed by atoms with van der Waals surface area (Å²) in [4.78, 5) is 8.48. The highest BCUT2D eigenvalue weighted by Crippen LogP contribution is 2.39. The van der Waals surface area contributed by atoms with Crippen LogP contribution in [0.4, 0.5) is 0 Å². The van der Waals surface area contributed by atoms with Gasteiger partial charge >= 0.3 is 0 Å². The fraction of sp³-hybridized carbons (Fsp3) is 0.556. The Kier molecular flexibility index (Phi) is 1.71. The average molecular weight is 164 g/mol. The lowest BCUT2D eigenvalue weighted by molar-refractivity contribution is 0.394. The molecule has 0 spiro atoms. The van der Waals surface area contributed by atoms with Gasteiger partial charge in [0.25, 0.3) is 0 Å². The van der Waals surface area contributed by atoms with Gasteiger partial charge in [-0.2, -0.15) is 4.98 Å². The molecular weight excluding hydrogens is 152 g/mol. The Morgan fingerprint density at radius 2 is 2.17 bits per heavy atom. The van der Waals surface area contributed by atoms with Gasteiger partial charge in [0.2, 0.25) is 5.88 Å². The van der Waals surface area contributed by atoms with E-state index in [2.05, 4.69) is 9.97 Å². The van der Waals surface area contributed by atoms with Crippen molar-refractivity contribution in [2.24, 2.45) is 0 Å². The van der Waals surface area contributed by atoms with E-state index in [0.29, 0.717) is 11.8 Å². The van der Waals surface area contributed by atoms with Crippen LogP contribution in [0.1, 0.15) is 30.3 Å². The van der Waals surface area contributed by atoms with Gasteiger partial charge in [0.15, 0.2) is 0 Å². The molecule has 1 heterocycles. The number of aryl methyl sites for hydroxylation is 1. The lowest BCUT2D eigenvalue weighted by Crippen LogP contribution is -1.96. The normalized spacial score (nSPS) is 16.2. The second kappa shape index (κ2) is 2.73. The van der Waals surface area contributed by atoms with Crippen LogP contribution in [0.3, 0.4) is 0 Å². The van der Waals surface area contributed by atoms with E-state index in [4.69, 9.17) is 4.74 Å². The highest BCUT2D eigenvalue weighted by Gasteiger charge is 2.25. The second-order valence-electron chi connectivity index (χ2n) is 3.16. The molecule has 2 rings (SSSR count). The summed E-state index contributed by atoms with van der Waals surface area (Å²) in [5.41, 5.74) is 1.14. The molecule has 0 amide bonds. The smallest absolute Gasteiger partial charge is 0.216 e. The van der Waals surface area contributed by atoms with Crippen LogP contribution in [0.5, 0.6) is 5.88 Å². The lowest BCUT2D eigenvalue weighted by Gasteiger charge is -2.02. The van der Waals surface area contributed by atoms with Gasteiger partial charge < -0.3 is 4.74 Å². The predicted molar refractivity (Wildman–Crippen MR) is 45.3 cm³/mol. The molecule has 64 valence electrons. The zero-order chi connectivity index (χ0) is 8.55. The van der Waals surface area contributed by atoms with Crippen LogP contribution < -0.4 is 4.74 Å². The number of aromatic nitrogens is 2. The van der Waals surface area contributed by atoms with Crippen LogP contribution in [0.15, 0.2) is 6.07 Å². The first kappa shape index (κ1) is 7.53. The molecule has 3 nitrogen and oxygen atoms in total. The number of methoxy groups -OCH3 is 1. The van der Waals surface area contributed by atoms with E-state index in [9.17, 15) is 0 Å². The molecule has 1 saturated carbocycles. The van der Waals surface area contributed by atoms with Crippen LogP contribution in [-0.2, 0) is 0 Å². The van der Waals surface area contributed by atoms with Gasteiger partial charge in [-0.15, -0.1) is 0 Å². The first-order valence-electron chi connectivity index (χ1n) is 4.19. The Morgan fingerprint density at radius 1 is 1.42 bits per heavy atom. The Balaban J connectivity index is 2.34. The molecule has 0 bridgehead atoms. The maximum Gasteiger partial charge on any atom is 0.216 e. The highest BCUT2D eigenvalue weighted by atomic mass is 16.5. The Hall–Kier alpha value is -1.12. The van der Waals surface area contributed by atoms with Crippen molar-refractivity contribution in [3.8, 4) is 5.88 Å². The van der Waals surface area contributed by atoms with E-state index in [-0.39, 0.29) is 0 Å². The molecular formula is C9H12N2O. The van der Waals surface area contributed by atoms with Gasteiger partial charge in [-0.1, -0.05) is 0 Å². The van der Waals surface area contributed by atoms with E-state index in [1.54, 1.807) is 7.11 Å². The molecule has 1 aromatic heterocycles. The molecule has 1 aliphatic carbocycles. The average Bonchev–Trinajstić information content (AvgIpc) is 2.85. The van der Waals surface area contributed by atoms with E-state index in [0.717, 1.165) is 11.5 Å². The van der Waals surface area contributed by atoms with E-state index < -0.39 is 0 Å². The summed E-state index contributed by atoms with van der Waals surface area (Å²) < 4.78 is 5.06. The minimum absolute atomic E-state index is 0.667. The van der Waals surface area contributed by atoms with Gasteiger partial charge in [0.05, 0.1) is 12.8 Å². The molecule has 12 heavy (non-hydrogen) atoms.